The van der Waals surface area contributed by atoms with Crippen molar-refractivity contribution in [1.82, 2.24) is 5.32 Å². The molecule has 4 nitrogen and oxygen atoms in total. The number of hydrogen-bond acceptors (Lipinski definition) is 3. The molecule has 0 bridgehead atoms. The highest BCUT2D eigenvalue weighted by Crippen LogP contribution is 2.30. The Morgan fingerprint density at radius 1 is 1.35 bits per heavy atom. The summed E-state index contributed by atoms with van der Waals surface area (Å²) >= 11 is 5.76. The predicted molar refractivity (Wildman–Crippen MR) is 62.7 cm³/mol. The summed E-state index contributed by atoms with van der Waals surface area (Å²) in [6, 6.07) is 6.13. The molecular weight excluding hydrogens is 242 g/mol. The highest BCUT2D eigenvalue weighted by atomic mass is 35.5. The maximum absolute atomic E-state index is 11.4. The van der Waals surface area contributed by atoms with Gasteiger partial charge in [0.2, 0.25) is 0 Å². The van der Waals surface area contributed by atoms with Crippen molar-refractivity contribution in [1.29, 1.82) is 0 Å². The molecule has 0 aliphatic carbocycles. The van der Waals surface area contributed by atoms with Crippen LogP contribution in [0.5, 0.6) is 0 Å². The number of carbonyl (C=O) groups excluding carboxylic acids is 2. The van der Waals surface area contributed by atoms with Gasteiger partial charge in [0.05, 0.1) is 11.6 Å². The van der Waals surface area contributed by atoms with Gasteiger partial charge in [-0.15, -0.1) is 0 Å². The first kappa shape index (κ1) is 11.7. The number of amides is 1. The summed E-state index contributed by atoms with van der Waals surface area (Å²) in [5.41, 5.74) is 0.800. The third-order valence-corrected chi connectivity index (χ3v) is 2.87. The summed E-state index contributed by atoms with van der Waals surface area (Å²) < 4.78 is 0. The van der Waals surface area contributed by atoms with Crippen molar-refractivity contribution in [2.45, 2.75) is 13.0 Å². The van der Waals surface area contributed by atoms with Crippen molar-refractivity contribution in [2.75, 3.05) is 0 Å². The zero-order valence-corrected chi connectivity index (χ0v) is 9.78. The highest BCUT2D eigenvalue weighted by molar-refractivity contribution is 6.30. The van der Waals surface area contributed by atoms with E-state index in [4.69, 9.17) is 11.6 Å². The van der Waals surface area contributed by atoms with Gasteiger partial charge in [0.15, 0.2) is 11.5 Å². The average molecular weight is 252 g/mol. The van der Waals surface area contributed by atoms with Crippen molar-refractivity contribution in [3.63, 3.8) is 0 Å². The molecule has 0 saturated carbocycles. The Hall–Kier alpha value is -1.81. The van der Waals surface area contributed by atoms with E-state index in [1.165, 1.54) is 6.92 Å². The van der Waals surface area contributed by atoms with Crippen molar-refractivity contribution in [2.24, 2.45) is 0 Å². The number of nitrogens with one attached hydrogen (secondary N) is 1. The van der Waals surface area contributed by atoms with E-state index in [0.29, 0.717) is 10.6 Å². The van der Waals surface area contributed by atoms with Gasteiger partial charge in [0.25, 0.3) is 5.91 Å². The number of carbonyl (C=O) groups is 2. The molecule has 1 atom stereocenters. The fourth-order valence-corrected chi connectivity index (χ4v) is 1.93. The lowest BCUT2D eigenvalue weighted by Crippen LogP contribution is -2.23. The fourth-order valence-electron chi connectivity index (χ4n) is 1.81. The van der Waals surface area contributed by atoms with Crippen LogP contribution in [-0.4, -0.2) is 16.8 Å². The molecule has 1 heterocycles. The van der Waals surface area contributed by atoms with Crippen LogP contribution < -0.4 is 5.32 Å². The number of Topliss-reactive ketones (excluding diaryl/α,β-unsaturated/α-hetero) is 1. The molecule has 1 amide bonds. The number of aliphatic hydroxyl groups excluding tert-OH is 1. The van der Waals surface area contributed by atoms with E-state index < -0.39 is 17.7 Å². The Morgan fingerprint density at radius 2 is 1.94 bits per heavy atom. The van der Waals surface area contributed by atoms with Crippen molar-refractivity contribution in [3.05, 3.63) is 46.2 Å². The molecule has 1 aliphatic heterocycles. The minimum atomic E-state index is -0.629. The molecule has 0 saturated heterocycles. The smallest absolute Gasteiger partial charge is 0.287 e. The molecule has 0 fully saturated rings. The Bertz CT molecular complexity index is 519. The monoisotopic (exact) mass is 251 g/mol. The molecule has 0 unspecified atom stereocenters. The van der Waals surface area contributed by atoms with Crippen LogP contribution in [-0.2, 0) is 9.59 Å². The van der Waals surface area contributed by atoms with E-state index in [1.807, 2.05) is 0 Å². The standard InChI is InChI=1S/C12H10ClNO3/c1-6(15)9-10(14-12(17)11(9)16)7-2-4-8(13)5-3-7/h2-5,10,16H,1H3,(H,14,17)/t10-/m1/s1. The molecule has 0 spiro atoms. The van der Waals surface area contributed by atoms with Crippen LogP contribution in [0.4, 0.5) is 0 Å². The summed E-state index contributed by atoms with van der Waals surface area (Å²) in [6.45, 7) is 1.31. The van der Waals surface area contributed by atoms with Gasteiger partial charge >= 0.3 is 0 Å². The second-order valence-corrected chi connectivity index (χ2v) is 4.21. The lowest BCUT2D eigenvalue weighted by molar-refractivity contribution is -0.119. The third kappa shape index (κ3) is 2.03. The van der Waals surface area contributed by atoms with Gasteiger partial charge in [-0.2, -0.15) is 0 Å². The number of aliphatic hydroxyl groups is 1. The van der Waals surface area contributed by atoms with Gasteiger partial charge in [0.1, 0.15) is 0 Å². The molecule has 88 valence electrons. The van der Waals surface area contributed by atoms with Crippen LogP contribution in [0.15, 0.2) is 35.6 Å². The molecule has 2 rings (SSSR count). The summed E-state index contributed by atoms with van der Waals surface area (Å²) in [5, 5.41) is 12.6. The van der Waals surface area contributed by atoms with E-state index in [0.717, 1.165) is 0 Å². The SMILES string of the molecule is CC(=O)C1=C(O)C(=O)N[C@@H]1c1ccc(Cl)cc1. The first-order valence-corrected chi connectivity index (χ1v) is 5.39. The number of rotatable bonds is 2. The molecule has 17 heavy (non-hydrogen) atoms. The minimum absolute atomic E-state index is 0.0947. The van der Waals surface area contributed by atoms with E-state index in [-0.39, 0.29) is 11.4 Å². The van der Waals surface area contributed by atoms with Crippen LogP contribution in [0.25, 0.3) is 0 Å². The molecular formula is C12H10ClNO3. The molecule has 1 aromatic rings. The van der Waals surface area contributed by atoms with E-state index in [2.05, 4.69) is 5.32 Å². The Balaban J connectivity index is 2.44. The molecule has 2 N–H and O–H groups in total. The van der Waals surface area contributed by atoms with Crippen LogP contribution >= 0.6 is 11.6 Å². The quantitative estimate of drug-likeness (QED) is 0.844. The second-order valence-electron chi connectivity index (χ2n) is 3.78. The van der Waals surface area contributed by atoms with Crippen molar-refractivity contribution < 1.29 is 14.7 Å². The first-order valence-electron chi connectivity index (χ1n) is 5.01. The van der Waals surface area contributed by atoms with E-state index in [1.54, 1.807) is 24.3 Å². The maximum atomic E-state index is 11.4. The molecule has 0 radical (unpaired) electrons. The van der Waals surface area contributed by atoms with Gasteiger partial charge in [-0.05, 0) is 24.6 Å². The lowest BCUT2D eigenvalue weighted by atomic mass is 9.98. The van der Waals surface area contributed by atoms with Crippen LogP contribution in [0.1, 0.15) is 18.5 Å². The van der Waals surface area contributed by atoms with Gasteiger partial charge in [0, 0.05) is 5.02 Å². The normalized spacial score (nSPS) is 19.4. The van der Waals surface area contributed by atoms with Crippen LogP contribution in [0, 0.1) is 0 Å². The molecule has 5 heteroatoms. The highest BCUT2D eigenvalue weighted by Gasteiger charge is 2.35. The van der Waals surface area contributed by atoms with E-state index >= 15 is 0 Å². The van der Waals surface area contributed by atoms with E-state index in [9.17, 15) is 14.7 Å². The van der Waals surface area contributed by atoms with Crippen LogP contribution in [0.3, 0.4) is 0 Å². The number of ketones is 1. The van der Waals surface area contributed by atoms with Gasteiger partial charge in [-0.1, -0.05) is 23.7 Å². The Morgan fingerprint density at radius 3 is 2.47 bits per heavy atom. The Kier molecular flexibility index (Phi) is 2.90. The topological polar surface area (TPSA) is 66.4 Å². The molecule has 1 aromatic carbocycles. The predicted octanol–water partition coefficient (Wildman–Crippen LogP) is 1.91. The lowest BCUT2D eigenvalue weighted by Gasteiger charge is -2.13. The number of benzene rings is 1. The molecule has 0 aromatic heterocycles. The van der Waals surface area contributed by atoms with Crippen molar-refractivity contribution >= 4 is 23.3 Å². The average Bonchev–Trinajstić information content (AvgIpc) is 2.56. The van der Waals surface area contributed by atoms with Crippen molar-refractivity contribution in [3.8, 4) is 0 Å². The van der Waals surface area contributed by atoms with Gasteiger partial charge in [-0.3, -0.25) is 9.59 Å². The minimum Gasteiger partial charge on any atom is -0.503 e. The fraction of sp³-hybridized carbons (Fsp3) is 0.167. The maximum Gasteiger partial charge on any atom is 0.287 e. The zero-order valence-electron chi connectivity index (χ0n) is 9.03. The zero-order chi connectivity index (χ0) is 12.6. The summed E-state index contributed by atoms with van der Waals surface area (Å²) in [4.78, 5) is 22.8. The first-order chi connectivity index (χ1) is 8.00. The largest absolute Gasteiger partial charge is 0.503 e. The third-order valence-electron chi connectivity index (χ3n) is 2.62. The van der Waals surface area contributed by atoms with Gasteiger partial charge < -0.3 is 10.4 Å². The number of hydrogen-bond donors (Lipinski definition) is 2. The summed E-state index contributed by atoms with van der Waals surface area (Å²) in [7, 11) is 0. The summed E-state index contributed by atoms with van der Waals surface area (Å²) in [5.74, 6) is -1.46. The number of halogens is 1. The molecule has 1 aliphatic rings. The van der Waals surface area contributed by atoms with Gasteiger partial charge in [-0.25, -0.2) is 0 Å². The Labute approximate surface area is 103 Å². The summed E-state index contributed by atoms with van der Waals surface area (Å²) in [6.07, 6.45) is 0. The second kappa shape index (κ2) is 4.22. The van der Waals surface area contributed by atoms with Crippen LogP contribution in [0.2, 0.25) is 5.02 Å².